The first-order valence-electron chi connectivity index (χ1n) is 7.84. The molecule has 1 amide bonds. The number of nitrogens with two attached hydrogens (primary N) is 1. The maximum Gasteiger partial charge on any atom is 0.226 e. The van der Waals surface area contributed by atoms with E-state index in [1.165, 1.54) is 32.1 Å². The third-order valence-electron chi connectivity index (χ3n) is 4.98. The molecule has 2 aliphatic rings. The van der Waals surface area contributed by atoms with Crippen LogP contribution in [0.1, 0.15) is 37.7 Å². The van der Waals surface area contributed by atoms with Gasteiger partial charge in [-0.2, -0.15) is 0 Å². The number of carbonyl (C=O) groups is 1. The third-order valence-corrected chi connectivity index (χ3v) is 4.98. The minimum atomic E-state index is 0.277. The molecule has 2 unspecified atom stereocenters. The zero-order valence-corrected chi connectivity index (χ0v) is 12.1. The molecule has 108 valence electrons. The van der Waals surface area contributed by atoms with Gasteiger partial charge in [-0.05, 0) is 42.4 Å². The van der Waals surface area contributed by atoms with Crippen molar-refractivity contribution in [2.24, 2.45) is 11.8 Å². The lowest BCUT2D eigenvalue weighted by Gasteiger charge is -2.41. The normalized spacial score (nSPS) is 26.1. The second kappa shape index (κ2) is 5.86. The molecule has 0 aromatic heterocycles. The summed E-state index contributed by atoms with van der Waals surface area (Å²) in [7, 11) is 0. The Morgan fingerprint density at radius 1 is 1.10 bits per heavy atom. The van der Waals surface area contributed by atoms with Gasteiger partial charge < -0.3 is 10.6 Å². The third kappa shape index (κ3) is 2.97. The molecule has 1 saturated carbocycles. The zero-order chi connectivity index (χ0) is 13.9. The molecule has 2 fully saturated rings. The van der Waals surface area contributed by atoms with Gasteiger partial charge in [-0.1, -0.05) is 31.4 Å². The number of rotatable bonds is 2. The van der Waals surface area contributed by atoms with Gasteiger partial charge in [0.15, 0.2) is 0 Å². The Labute approximate surface area is 121 Å². The fourth-order valence-electron chi connectivity index (χ4n) is 3.75. The largest absolute Gasteiger partial charge is 0.399 e. The maximum absolute atomic E-state index is 12.4. The molecule has 2 N–H and O–H groups in total. The highest BCUT2D eigenvalue weighted by atomic mass is 16.2. The highest BCUT2D eigenvalue weighted by Crippen LogP contribution is 2.36. The van der Waals surface area contributed by atoms with Gasteiger partial charge in [0, 0.05) is 18.8 Å². The number of piperidine rings is 1. The van der Waals surface area contributed by atoms with E-state index in [-0.39, 0.29) is 5.91 Å². The van der Waals surface area contributed by atoms with Crippen LogP contribution in [0, 0.1) is 11.8 Å². The number of carbonyl (C=O) groups excluding carboxylic acids is 1. The molecule has 1 aliphatic carbocycles. The lowest BCUT2D eigenvalue weighted by molar-refractivity contribution is -0.133. The van der Waals surface area contributed by atoms with Crippen LogP contribution in [0.3, 0.4) is 0 Å². The summed E-state index contributed by atoms with van der Waals surface area (Å²) in [6, 6.07) is 7.66. The first kappa shape index (κ1) is 13.5. The Morgan fingerprint density at radius 2 is 1.80 bits per heavy atom. The molecule has 0 spiro atoms. The Bertz CT molecular complexity index is 468. The smallest absolute Gasteiger partial charge is 0.226 e. The van der Waals surface area contributed by atoms with Crippen molar-refractivity contribution in [1.82, 2.24) is 4.90 Å². The Balaban J connectivity index is 1.58. The van der Waals surface area contributed by atoms with Gasteiger partial charge in [0.25, 0.3) is 0 Å². The average Bonchev–Trinajstić information content (AvgIpc) is 2.49. The molecule has 1 heterocycles. The van der Waals surface area contributed by atoms with Crippen LogP contribution in [-0.4, -0.2) is 23.9 Å². The fourth-order valence-corrected chi connectivity index (χ4v) is 3.75. The number of hydrogen-bond donors (Lipinski definition) is 1. The summed E-state index contributed by atoms with van der Waals surface area (Å²) in [4.78, 5) is 14.5. The summed E-state index contributed by atoms with van der Waals surface area (Å²) in [5, 5.41) is 0. The van der Waals surface area contributed by atoms with Crippen molar-refractivity contribution in [2.45, 2.75) is 38.5 Å². The molecule has 1 saturated heterocycles. The molecule has 0 bridgehead atoms. The number of benzene rings is 1. The first-order chi connectivity index (χ1) is 9.72. The first-order valence-corrected chi connectivity index (χ1v) is 7.84. The van der Waals surface area contributed by atoms with Gasteiger partial charge in [0.2, 0.25) is 5.91 Å². The molecule has 3 rings (SSSR count). The van der Waals surface area contributed by atoms with E-state index >= 15 is 0 Å². The predicted molar refractivity (Wildman–Crippen MR) is 81.2 cm³/mol. The van der Waals surface area contributed by atoms with E-state index in [2.05, 4.69) is 4.90 Å². The van der Waals surface area contributed by atoms with E-state index in [9.17, 15) is 4.79 Å². The highest BCUT2D eigenvalue weighted by Gasteiger charge is 2.32. The Morgan fingerprint density at radius 3 is 2.55 bits per heavy atom. The summed E-state index contributed by atoms with van der Waals surface area (Å²) in [5.74, 6) is 1.91. The van der Waals surface area contributed by atoms with Crippen LogP contribution in [-0.2, 0) is 11.2 Å². The summed E-state index contributed by atoms with van der Waals surface area (Å²) in [5.41, 5.74) is 7.50. The summed E-state index contributed by atoms with van der Waals surface area (Å²) < 4.78 is 0. The van der Waals surface area contributed by atoms with Gasteiger partial charge in [-0.3, -0.25) is 4.79 Å². The number of anilines is 1. The minimum Gasteiger partial charge on any atom is -0.399 e. The van der Waals surface area contributed by atoms with Crippen molar-refractivity contribution in [3.63, 3.8) is 0 Å². The second-order valence-corrected chi connectivity index (χ2v) is 6.35. The van der Waals surface area contributed by atoms with Crippen LogP contribution in [0.4, 0.5) is 5.69 Å². The minimum absolute atomic E-state index is 0.277. The number of likely N-dealkylation sites (tertiary alicyclic amines) is 1. The average molecular weight is 272 g/mol. The monoisotopic (exact) mass is 272 g/mol. The molecule has 20 heavy (non-hydrogen) atoms. The molecular formula is C17H24N2O. The predicted octanol–water partition coefficient (Wildman–Crippen LogP) is 2.85. The van der Waals surface area contributed by atoms with Crippen LogP contribution < -0.4 is 5.73 Å². The molecule has 1 aliphatic heterocycles. The van der Waals surface area contributed by atoms with Gasteiger partial charge in [-0.15, -0.1) is 0 Å². The summed E-state index contributed by atoms with van der Waals surface area (Å²) in [6.45, 7) is 1.94. The van der Waals surface area contributed by atoms with E-state index in [4.69, 9.17) is 5.73 Å². The van der Waals surface area contributed by atoms with Crippen molar-refractivity contribution in [3.8, 4) is 0 Å². The fraction of sp³-hybridized carbons (Fsp3) is 0.588. The van der Waals surface area contributed by atoms with Crippen molar-refractivity contribution < 1.29 is 4.79 Å². The van der Waals surface area contributed by atoms with Crippen molar-refractivity contribution in [3.05, 3.63) is 29.8 Å². The number of amides is 1. The van der Waals surface area contributed by atoms with Gasteiger partial charge in [0.1, 0.15) is 0 Å². The van der Waals surface area contributed by atoms with E-state index in [1.807, 2.05) is 24.3 Å². The van der Waals surface area contributed by atoms with Crippen molar-refractivity contribution in [1.29, 1.82) is 0 Å². The number of nitrogen functional groups attached to an aromatic ring is 1. The SMILES string of the molecule is Nc1ccc(CC(=O)N2CCC3CCCCC3C2)cc1. The quantitative estimate of drug-likeness (QED) is 0.841. The van der Waals surface area contributed by atoms with Crippen LogP contribution in [0.25, 0.3) is 0 Å². The Kier molecular flexibility index (Phi) is 3.95. The van der Waals surface area contributed by atoms with Crippen LogP contribution >= 0.6 is 0 Å². The molecule has 2 atom stereocenters. The lowest BCUT2D eigenvalue weighted by atomic mass is 9.75. The lowest BCUT2D eigenvalue weighted by Crippen LogP contribution is -2.45. The van der Waals surface area contributed by atoms with E-state index in [0.29, 0.717) is 6.42 Å². The molecule has 3 heteroatoms. The molecule has 0 radical (unpaired) electrons. The number of fused-ring (bicyclic) bond motifs is 1. The van der Waals surface area contributed by atoms with Gasteiger partial charge in [-0.25, -0.2) is 0 Å². The van der Waals surface area contributed by atoms with E-state index in [0.717, 1.165) is 36.2 Å². The summed E-state index contributed by atoms with van der Waals surface area (Å²) in [6.07, 6.45) is 7.15. The maximum atomic E-state index is 12.4. The molecular weight excluding hydrogens is 248 g/mol. The topological polar surface area (TPSA) is 46.3 Å². The van der Waals surface area contributed by atoms with Crippen LogP contribution in [0.2, 0.25) is 0 Å². The highest BCUT2D eigenvalue weighted by molar-refractivity contribution is 5.79. The molecule has 1 aromatic rings. The zero-order valence-electron chi connectivity index (χ0n) is 12.1. The number of hydrogen-bond acceptors (Lipinski definition) is 2. The molecule has 3 nitrogen and oxygen atoms in total. The van der Waals surface area contributed by atoms with Crippen molar-refractivity contribution >= 4 is 11.6 Å². The Hall–Kier alpha value is -1.51. The van der Waals surface area contributed by atoms with E-state index < -0.39 is 0 Å². The van der Waals surface area contributed by atoms with Crippen LogP contribution in [0.15, 0.2) is 24.3 Å². The molecule has 1 aromatic carbocycles. The standard InChI is InChI=1S/C17H24N2O/c18-16-7-5-13(6-8-16)11-17(20)19-10-9-14-3-1-2-4-15(14)12-19/h5-8,14-15H,1-4,9-12,18H2. The van der Waals surface area contributed by atoms with Gasteiger partial charge in [0.05, 0.1) is 6.42 Å². The van der Waals surface area contributed by atoms with E-state index in [1.54, 1.807) is 0 Å². The number of nitrogens with zero attached hydrogens (tertiary/aromatic N) is 1. The van der Waals surface area contributed by atoms with Crippen LogP contribution in [0.5, 0.6) is 0 Å². The van der Waals surface area contributed by atoms with Gasteiger partial charge >= 0.3 is 0 Å². The second-order valence-electron chi connectivity index (χ2n) is 6.35. The van der Waals surface area contributed by atoms with Crippen molar-refractivity contribution in [2.75, 3.05) is 18.8 Å². The summed E-state index contributed by atoms with van der Waals surface area (Å²) >= 11 is 0.